The van der Waals surface area contributed by atoms with Crippen LogP contribution in [0.4, 0.5) is 17.1 Å². The van der Waals surface area contributed by atoms with Gasteiger partial charge in [-0.1, -0.05) is 194 Å². The van der Waals surface area contributed by atoms with Gasteiger partial charge in [-0.25, -0.2) is 0 Å². The van der Waals surface area contributed by atoms with Crippen molar-refractivity contribution in [2.24, 2.45) is 0 Å². The summed E-state index contributed by atoms with van der Waals surface area (Å²) in [5.74, 6) is 1.78. The van der Waals surface area contributed by atoms with Gasteiger partial charge in [0, 0.05) is 28.1 Å². The lowest BCUT2D eigenvalue weighted by atomic mass is 9.66. The fourth-order valence-electron chi connectivity index (χ4n) is 10.1. The summed E-state index contributed by atoms with van der Waals surface area (Å²) in [6.07, 6.45) is 0. The topological polar surface area (TPSA) is 12.5 Å². The third-order valence-electron chi connectivity index (χ3n) is 12.8. The molecule has 1 heterocycles. The molecule has 12 rings (SSSR count). The number of benzene rings is 10. The number of fused-ring (bicyclic) bond motifs is 10. The number of hydrogen-bond acceptors (Lipinski definition) is 2. The minimum absolute atomic E-state index is 0.575. The van der Waals surface area contributed by atoms with E-state index in [9.17, 15) is 0 Å². The van der Waals surface area contributed by atoms with Crippen LogP contribution >= 0.6 is 0 Å². The standard InChI is InChI=1S/C59H39NO/c1-3-17-40(18-4-1)45-37-38-46(49-23-8-7-22-48(45)49)42-31-33-43(34-32-42)60(56-28-14-10-21-47(56)41-19-5-2-6-20-41)44-35-36-51-50-24-9-11-25-52(50)59(55(51)39-44)53-26-12-15-29-57(53)61-58-30-16-13-27-54(58)59/h1-39H. The lowest BCUT2D eigenvalue weighted by molar-refractivity contribution is 0.436. The van der Waals surface area contributed by atoms with Gasteiger partial charge in [-0.05, 0) is 103 Å². The van der Waals surface area contributed by atoms with Gasteiger partial charge < -0.3 is 9.64 Å². The number of anilines is 3. The number of rotatable bonds is 6. The Morgan fingerprint density at radius 2 is 0.738 bits per heavy atom. The van der Waals surface area contributed by atoms with Crippen molar-refractivity contribution < 1.29 is 4.74 Å². The van der Waals surface area contributed by atoms with Crippen LogP contribution in [0.1, 0.15) is 22.3 Å². The Bertz CT molecular complexity index is 3230. The quantitative estimate of drug-likeness (QED) is 0.167. The third-order valence-corrected chi connectivity index (χ3v) is 12.8. The molecule has 1 aliphatic heterocycles. The average molecular weight is 778 g/mol. The Morgan fingerprint density at radius 1 is 0.295 bits per heavy atom. The summed E-state index contributed by atoms with van der Waals surface area (Å²) in [6, 6.07) is 85.8. The van der Waals surface area contributed by atoms with Crippen molar-refractivity contribution in [2.75, 3.05) is 4.90 Å². The maximum absolute atomic E-state index is 6.67. The van der Waals surface area contributed by atoms with Crippen molar-refractivity contribution >= 4 is 27.8 Å². The van der Waals surface area contributed by atoms with Gasteiger partial charge in [0.05, 0.1) is 11.1 Å². The lowest BCUT2D eigenvalue weighted by Gasteiger charge is -2.39. The van der Waals surface area contributed by atoms with Gasteiger partial charge in [-0.2, -0.15) is 0 Å². The molecule has 10 aromatic rings. The fraction of sp³-hybridized carbons (Fsp3) is 0.0169. The lowest BCUT2D eigenvalue weighted by Crippen LogP contribution is -2.32. The van der Waals surface area contributed by atoms with Crippen LogP contribution in [0.5, 0.6) is 11.5 Å². The molecule has 0 bridgehead atoms. The molecule has 0 amide bonds. The second kappa shape index (κ2) is 14.1. The van der Waals surface area contributed by atoms with Gasteiger partial charge in [-0.15, -0.1) is 0 Å². The van der Waals surface area contributed by atoms with E-state index in [1.165, 1.54) is 60.8 Å². The summed E-state index contributed by atoms with van der Waals surface area (Å²) in [5.41, 5.74) is 17.2. The summed E-state index contributed by atoms with van der Waals surface area (Å²) < 4.78 is 6.67. The Labute approximate surface area is 356 Å². The molecule has 0 saturated heterocycles. The van der Waals surface area contributed by atoms with E-state index in [0.29, 0.717) is 0 Å². The molecule has 0 unspecified atom stereocenters. The molecule has 0 aromatic heterocycles. The molecular formula is C59H39NO. The van der Waals surface area contributed by atoms with Crippen molar-refractivity contribution in [1.29, 1.82) is 0 Å². The van der Waals surface area contributed by atoms with E-state index in [1.807, 2.05) is 0 Å². The van der Waals surface area contributed by atoms with Crippen molar-refractivity contribution in [3.05, 3.63) is 259 Å². The second-order valence-corrected chi connectivity index (χ2v) is 16.0. The van der Waals surface area contributed by atoms with E-state index in [4.69, 9.17) is 4.74 Å². The summed E-state index contributed by atoms with van der Waals surface area (Å²) >= 11 is 0. The average Bonchev–Trinajstić information content (AvgIpc) is 3.62. The highest BCUT2D eigenvalue weighted by Gasteiger charge is 2.51. The Kier molecular flexibility index (Phi) is 8.11. The monoisotopic (exact) mass is 777 g/mol. The molecule has 286 valence electrons. The first-order chi connectivity index (χ1) is 30.3. The largest absolute Gasteiger partial charge is 0.457 e. The van der Waals surface area contributed by atoms with Gasteiger partial charge in [0.25, 0.3) is 0 Å². The molecule has 1 spiro atoms. The number of hydrogen-bond donors (Lipinski definition) is 0. The molecule has 2 nitrogen and oxygen atoms in total. The highest BCUT2D eigenvalue weighted by atomic mass is 16.5. The smallest absolute Gasteiger partial charge is 0.132 e. The minimum Gasteiger partial charge on any atom is -0.457 e. The van der Waals surface area contributed by atoms with E-state index < -0.39 is 5.41 Å². The van der Waals surface area contributed by atoms with Gasteiger partial charge in [0.1, 0.15) is 11.5 Å². The number of para-hydroxylation sites is 3. The van der Waals surface area contributed by atoms with Gasteiger partial charge in [0.15, 0.2) is 0 Å². The Hall–Kier alpha value is -7.94. The number of ether oxygens (including phenoxy) is 1. The molecular weight excluding hydrogens is 739 g/mol. The first-order valence-electron chi connectivity index (χ1n) is 21.0. The van der Waals surface area contributed by atoms with Crippen LogP contribution in [0.2, 0.25) is 0 Å². The van der Waals surface area contributed by atoms with E-state index in [-0.39, 0.29) is 0 Å². The summed E-state index contributed by atoms with van der Waals surface area (Å²) in [5, 5.41) is 2.49. The molecule has 0 N–H and O–H groups in total. The minimum atomic E-state index is -0.575. The molecule has 2 heteroatoms. The maximum Gasteiger partial charge on any atom is 0.132 e. The molecule has 61 heavy (non-hydrogen) atoms. The van der Waals surface area contributed by atoms with Gasteiger partial charge >= 0.3 is 0 Å². The first-order valence-corrected chi connectivity index (χ1v) is 21.0. The molecule has 2 aliphatic rings. The summed E-state index contributed by atoms with van der Waals surface area (Å²) in [7, 11) is 0. The van der Waals surface area contributed by atoms with Crippen LogP contribution in [0, 0.1) is 0 Å². The zero-order valence-electron chi connectivity index (χ0n) is 33.4. The third kappa shape index (κ3) is 5.43. The van der Waals surface area contributed by atoms with Crippen LogP contribution < -0.4 is 9.64 Å². The van der Waals surface area contributed by atoms with Crippen molar-refractivity contribution in [2.45, 2.75) is 5.41 Å². The van der Waals surface area contributed by atoms with E-state index in [1.54, 1.807) is 0 Å². The fourth-order valence-corrected chi connectivity index (χ4v) is 10.1. The summed E-state index contributed by atoms with van der Waals surface area (Å²) in [4.78, 5) is 2.44. The first kappa shape index (κ1) is 35.0. The van der Waals surface area contributed by atoms with Crippen LogP contribution in [0.25, 0.3) is 55.3 Å². The normalized spacial score (nSPS) is 12.9. The van der Waals surface area contributed by atoms with Crippen molar-refractivity contribution in [3.8, 4) is 56.0 Å². The summed E-state index contributed by atoms with van der Waals surface area (Å²) in [6.45, 7) is 0. The Balaban J connectivity index is 1.07. The highest BCUT2D eigenvalue weighted by molar-refractivity contribution is 6.05. The molecule has 0 atom stereocenters. The van der Waals surface area contributed by atoms with Crippen LogP contribution in [-0.4, -0.2) is 0 Å². The van der Waals surface area contributed by atoms with Crippen molar-refractivity contribution in [3.63, 3.8) is 0 Å². The highest BCUT2D eigenvalue weighted by Crippen LogP contribution is 2.62. The Morgan fingerprint density at radius 3 is 1.38 bits per heavy atom. The zero-order chi connectivity index (χ0) is 40.3. The van der Waals surface area contributed by atoms with Gasteiger partial charge in [0.2, 0.25) is 0 Å². The molecule has 0 fully saturated rings. The molecule has 0 saturated carbocycles. The molecule has 1 aliphatic carbocycles. The predicted molar refractivity (Wildman–Crippen MR) is 252 cm³/mol. The second-order valence-electron chi connectivity index (χ2n) is 16.0. The van der Waals surface area contributed by atoms with E-state index in [0.717, 1.165) is 45.3 Å². The van der Waals surface area contributed by atoms with E-state index >= 15 is 0 Å². The zero-order valence-corrected chi connectivity index (χ0v) is 33.4. The predicted octanol–water partition coefficient (Wildman–Crippen LogP) is 15.8. The molecule has 0 radical (unpaired) electrons. The van der Waals surface area contributed by atoms with E-state index in [2.05, 4.69) is 241 Å². The molecule has 10 aromatic carbocycles. The maximum atomic E-state index is 6.67. The van der Waals surface area contributed by atoms with Crippen LogP contribution in [0.15, 0.2) is 237 Å². The SMILES string of the molecule is c1ccc(-c2ccccc2N(c2ccc(-c3ccc(-c4ccccc4)c4ccccc34)cc2)c2ccc3c(c2)C2(c4ccccc4Oc4ccccc42)c2ccccc2-3)cc1. The van der Waals surface area contributed by atoms with Crippen molar-refractivity contribution in [1.82, 2.24) is 0 Å². The van der Waals surface area contributed by atoms with Crippen LogP contribution in [-0.2, 0) is 5.41 Å². The number of nitrogens with zero attached hydrogens (tertiary/aromatic N) is 1. The van der Waals surface area contributed by atoms with Crippen LogP contribution in [0.3, 0.4) is 0 Å². The van der Waals surface area contributed by atoms with Gasteiger partial charge in [-0.3, -0.25) is 0 Å².